The summed E-state index contributed by atoms with van der Waals surface area (Å²) in [6, 6.07) is -0.256. The van der Waals surface area contributed by atoms with Crippen molar-refractivity contribution in [3.63, 3.8) is 0 Å². The maximum atomic E-state index is 11.9. The molecule has 1 saturated heterocycles. The number of rotatable bonds is 3. The normalized spacial score (nSPS) is 18.9. The molecule has 3 N–H and O–H groups in total. The van der Waals surface area contributed by atoms with E-state index >= 15 is 0 Å². The molecule has 0 radical (unpaired) electrons. The fourth-order valence-electron chi connectivity index (χ4n) is 2.13. The summed E-state index contributed by atoms with van der Waals surface area (Å²) in [5.41, 5.74) is 0.458. The van der Waals surface area contributed by atoms with Crippen molar-refractivity contribution >= 4 is 23.3 Å². The van der Waals surface area contributed by atoms with Gasteiger partial charge in [0.05, 0.1) is 18.3 Å². The topological polar surface area (TPSA) is 103 Å². The van der Waals surface area contributed by atoms with Gasteiger partial charge in [-0.25, -0.2) is 14.6 Å². The molecule has 1 atom stereocenters. The number of thiazole rings is 1. The number of hydrogen-bond acceptors (Lipinski definition) is 5. The number of likely N-dealkylation sites (tertiary alicyclic amines) is 1. The van der Waals surface area contributed by atoms with E-state index in [2.05, 4.69) is 10.3 Å². The lowest BCUT2D eigenvalue weighted by atomic mass is 10.1. The molecule has 0 spiro atoms. The number of aromatic nitrogens is 1. The lowest BCUT2D eigenvalue weighted by Crippen LogP contribution is -2.46. The van der Waals surface area contributed by atoms with Crippen LogP contribution >= 0.6 is 11.3 Å². The van der Waals surface area contributed by atoms with Crippen LogP contribution in [0.15, 0.2) is 0 Å². The number of carbonyl (C=O) groups excluding carboxylic acids is 1. The second kappa shape index (κ2) is 6.19. The molecule has 0 aromatic carbocycles. The SMILES string of the molecule is Cc1nc(CNC(=O)N2CCCC(O)C2)sc1C(=O)O. The number of piperidine rings is 1. The number of aromatic carboxylic acids is 1. The van der Waals surface area contributed by atoms with Crippen molar-refractivity contribution in [3.05, 3.63) is 15.6 Å². The summed E-state index contributed by atoms with van der Waals surface area (Å²) in [5.74, 6) is -1.00. The minimum absolute atomic E-state index is 0.197. The van der Waals surface area contributed by atoms with E-state index in [9.17, 15) is 14.7 Å². The molecule has 7 nitrogen and oxygen atoms in total. The number of nitrogens with one attached hydrogen (secondary N) is 1. The Labute approximate surface area is 120 Å². The number of aliphatic hydroxyl groups is 1. The Morgan fingerprint density at radius 3 is 2.90 bits per heavy atom. The molecule has 1 aliphatic heterocycles. The van der Waals surface area contributed by atoms with E-state index in [0.29, 0.717) is 23.8 Å². The molecular formula is C12H17N3O4S. The molecule has 1 aliphatic rings. The highest BCUT2D eigenvalue weighted by Gasteiger charge is 2.22. The molecule has 8 heteroatoms. The number of nitrogens with zero attached hydrogens (tertiary/aromatic N) is 2. The molecule has 2 rings (SSSR count). The van der Waals surface area contributed by atoms with Crippen LogP contribution < -0.4 is 5.32 Å². The first-order valence-electron chi connectivity index (χ1n) is 6.38. The van der Waals surface area contributed by atoms with Crippen molar-refractivity contribution in [2.75, 3.05) is 13.1 Å². The summed E-state index contributed by atoms with van der Waals surface area (Å²) in [5, 5.41) is 21.7. The highest BCUT2D eigenvalue weighted by Crippen LogP contribution is 2.18. The van der Waals surface area contributed by atoms with Gasteiger partial charge in [0.25, 0.3) is 0 Å². The number of β-amino-alcohol motifs (C(OH)–C–C–N with tert-alkyl or cyclic N) is 1. The second-order valence-electron chi connectivity index (χ2n) is 4.73. The number of amides is 2. The zero-order chi connectivity index (χ0) is 14.7. The zero-order valence-corrected chi connectivity index (χ0v) is 11.9. The first-order valence-corrected chi connectivity index (χ1v) is 7.19. The summed E-state index contributed by atoms with van der Waals surface area (Å²) in [6.45, 7) is 2.79. The van der Waals surface area contributed by atoms with Gasteiger partial charge in [0, 0.05) is 13.1 Å². The number of aryl methyl sites for hydroxylation is 1. The Hall–Kier alpha value is -1.67. The van der Waals surface area contributed by atoms with E-state index in [-0.39, 0.29) is 17.5 Å². The van der Waals surface area contributed by atoms with Gasteiger partial charge in [-0.1, -0.05) is 0 Å². The van der Waals surface area contributed by atoms with Crippen molar-refractivity contribution in [2.24, 2.45) is 0 Å². The smallest absolute Gasteiger partial charge is 0.347 e. The van der Waals surface area contributed by atoms with E-state index < -0.39 is 12.1 Å². The number of carboxylic acid groups (broad SMARTS) is 1. The largest absolute Gasteiger partial charge is 0.477 e. The molecule has 0 aliphatic carbocycles. The minimum Gasteiger partial charge on any atom is -0.477 e. The number of carbonyl (C=O) groups is 2. The Kier molecular flexibility index (Phi) is 4.56. The van der Waals surface area contributed by atoms with Crippen LogP contribution in [0.5, 0.6) is 0 Å². The van der Waals surface area contributed by atoms with Crippen molar-refractivity contribution < 1.29 is 19.8 Å². The molecule has 1 aromatic rings. The van der Waals surface area contributed by atoms with Gasteiger partial charge in [0.2, 0.25) is 0 Å². The van der Waals surface area contributed by atoms with Gasteiger partial charge in [0.1, 0.15) is 9.88 Å². The van der Waals surface area contributed by atoms with Gasteiger partial charge in [-0.3, -0.25) is 0 Å². The van der Waals surface area contributed by atoms with Gasteiger partial charge < -0.3 is 20.4 Å². The summed E-state index contributed by atoms with van der Waals surface area (Å²) in [6.07, 6.45) is 1.04. The second-order valence-corrected chi connectivity index (χ2v) is 5.81. The highest BCUT2D eigenvalue weighted by molar-refractivity contribution is 7.13. The summed E-state index contributed by atoms with van der Waals surface area (Å²) >= 11 is 1.06. The molecule has 1 aromatic heterocycles. The quantitative estimate of drug-likeness (QED) is 0.766. The number of carboxylic acids is 1. The molecule has 20 heavy (non-hydrogen) atoms. The van der Waals surface area contributed by atoms with Crippen LogP contribution in [0.4, 0.5) is 4.79 Å². The Balaban J connectivity index is 1.90. The van der Waals surface area contributed by atoms with Crippen LogP contribution in [0.3, 0.4) is 0 Å². The summed E-state index contributed by atoms with van der Waals surface area (Å²) in [7, 11) is 0. The predicted molar refractivity (Wildman–Crippen MR) is 72.9 cm³/mol. The van der Waals surface area contributed by atoms with E-state index in [1.165, 1.54) is 0 Å². The first-order chi connectivity index (χ1) is 9.47. The van der Waals surface area contributed by atoms with Gasteiger partial charge in [0.15, 0.2) is 0 Å². The van der Waals surface area contributed by atoms with Crippen LogP contribution in [0, 0.1) is 6.92 Å². The van der Waals surface area contributed by atoms with E-state index in [1.807, 2.05) is 0 Å². The molecule has 0 saturated carbocycles. The van der Waals surface area contributed by atoms with Gasteiger partial charge >= 0.3 is 12.0 Å². The van der Waals surface area contributed by atoms with Crippen molar-refractivity contribution in [1.29, 1.82) is 0 Å². The van der Waals surface area contributed by atoms with Gasteiger partial charge in [-0.15, -0.1) is 11.3 Å². The Bertz CT molecular complexity index is 517. The molecule has 2 amide bonds. The zero-order valence-electron chi connectivity index (χ0n) is 11.1. The summed E-state index contributed by atoms with van der Waals surface area (Å²) < 4.78 is 0. The minimum atomic E-state index is -1.00. The maximum Gasteiger partial charge on any atom is 0.347 e. The van der Waals surface area contributed by atoms with Crippen molar-refractivity contribution in [1.82, 2.24) is 15.2 Å². The van der Waals surface area contributed by atoms with Crippen LogP contribution in [-0.4, -0.2) is 51.3 Å². The Morgan fingerprint density at radius 2 is 2.30 bits per heavy atom. The number of urea groups is 1. The lowest BCUT2D eigenvalue weighted by Gasteiger charge is -2.29. The van der Waals surface area contributed by atoms with Gasteiger partial charge in [-0.2, -0.15) is 0 Å². The first kappa shape index (κ1) is 14.7. The molecule has 0 bridgehead atoms. The number of aliphatic hydroxyl groups excluding tert-OH is 1. The fraction of sp³-hybridized carbons (Fsp3) is 0.583. The van der Waals surface area contributed by atoms with Crippen molar-refractivity contribution in [2.45, 2.75) is 32.4 Å². The average Bonchev–Trinajstić information content (AvgIpc) is 2.77. The predicted octanol–water partition coefficient (Wildman–Crippen LogP) is 0.816. The van der Waals surface area contributed by atoms with E-state index in [0.717, 1.165) is 24.2 Å². The molecule has 110 valence electrons. The van der Waals surface area contributed by atoms with E-state index in [1.54, 1.807) is 11.8 Å². The fourth-order valence-corrected chi connectivity index (χ4v) is 2.97. The average molecular weight is 299 g/mol. The third-order valence-electron chi connectivity index (χ3n) is 3.11. The van der Waals surface area contributed by atoms with Crippen molar-refractivity contribution in [3.8, 4) is 0 Å². The van der Waals surface area contributed by atoms with E-state index in [4.69, 9.17) is 5.11 Å². The Morgan fingerprint density at radius 1 is 1.55 bits per heavy atom. The third kappa shape index (κ3) is 3.45. The van der Waals surface area contributed by atoms with Crippen LogP contribution in [0.25, 0.3) is 0 Å². The number of hydrogen-bond donors (Lipinski definition) is 3. The lowest BCUT2D eigenvalue weighted by molar-refractivity contribution is 0.0701. The maximum absolute atomic E-state index is 11.9. The third-order valence-corrected chi connectivity index (χ3v) is 4.26. The molecule has 1 unspecified atom stereocenters. The van der Waals surface area contributed by atoms with Crippen LogP contribution in [-0.2, 0) is 6.54 Å². The van der Waals surface area contributed by atoms with Crippen LogP contribution in [0.2, 0.25) is 0 Å². The molecule has 1 fully saturated rings. The van der Waals surface area contributed by atoms with Crippen LogP contribution in [0.1, 0.15) is 33.2 Å². The van der Waals surface area contributed by atoms with Gasteiger partial charge in [-0.05, 0) is 19.8 Å². The molecular weight excluding hydrogens is 282 g/mol. The summed E-state index contributed by atoms with van der Waals surface area (Å²) in [4.78, 5) is 28.7. The highest BCUT2D eigenvalue weighted by atomic mass is 32.1. The molecule has 2 heterocycles. The standard InChI is InChI=1S/C12H17N3O4S/c1-7-10(11(17)18)20-9(14-7)5-13-12(19)15-4-2-3-8(16)6-15/h8,16H,2-6H2,1H3,(H,13,19)(H,17,18). The monoisotopic (exact) mass is 299 g/mol.